The van der Waals surface area contributed by atoms with E-state index in [4.69, 9.17) is 4.98 Å². The summed E-state index contributed by atoms with van der Waals surface area (Å²) in [4.78, 5) is 33.8. The summed E-state index contributed by atoms with van der Waals surface area (Å²) < 4.78 is 0. The number of aryl methyl sites for hydroxylation is 1. The van der Waals surface area contributed by atoms with E-state index in [9.17, 15) is 9.59 Å². The molecule has 0 radical (unpaired) electrons. The van der Waals surface area contributed by atoms with Crippen LogP contribution in [0.2, 0.25) is 0 Å². The molecule has 0 saturated heterocycles. The van der Waals surface area contributed by atoms with Crippen molar-refractivity contribution >= 4 is 17.7 Å². The van der Waals surface area contributed by atoms with Crippen molar-refractivity contribution in [2.75, 3.05) is 12.3 Å². The van der Waals surface area contributed by atoms with E-state index in [-0.39, 0.29) is 22.6 Å². The minimum atomic E-state index is -0.117. The fourth-order valence-electron chi connectivity index (χ4n) is 5.56. The lowest BCUT2D eigenvalue weighted by Gasteiger charge is -2.41. The van der Waals surface area contributed by atoms with Crippen LogP contribution in [-0.4, -0.2) is 28.2 Å². The summed E-state index contributed by atoms with van der Waals surface area (Å²) in [6.45, 7) is 2.67. The molecule has 5 nitrogen and oxygen atoms in total. The Balaban J connectivity index is 1.35. The molecule has 3 aromatic rings. The Morgan fingerprint density at radius 1 is 1.12 bits per heavy atom. The van der Waals surface area contributed by atoms with Crippen LogP contribution < -0.4 is 10.9 Å². The maximum atomic E-state index is 13.4. The predicted molar refractivity (Wildman–Crippen MR) is 137 cm³/mol. The van der Waals surface area contributed by atoms with Crippen molar-refractivity contribution in [1.82, 2.24) is 15.3 Å². The van der Waals surface area contributed by atoms with Crippen LogP contribution in [0.1, 0.15) is 54.4 Å². The van der Waals surface area contributed by atoms with Gasteiger partial charge in [-0.15, -0.1) is 0 Å². The lowest BCUT2D eigenvalue weighted by molar-refractivity contribution is -0.118. The number of aromatic amines is 1. The summed E-state index contributed by atoms with van der Waals surface area (Å²) in [5.41, 5.74) is 6.25. The average Bonchev–Trinajstić information content (AvgIpc) is 2.84. The van der Waals surface area contributed by atoms with Crippen LogP contribution in [0.5, 0.6) is 0 Å². The van der Waals surface area contributed by atoms with Gasteiger partial charge in [0.1, 0.15) is 0 Å². The maximum Gasteiger partial charge on any atom is 0.255 e. The van der Waals surface area contributed by atoms with Gasteiger partial charge in [0.2, 0.25) is 5.91 Å². The third-order valence-corrected chi connectivity index (χ3v) is 8.08. The van der Waals surface area contributed by atoms with Gasteiger partial charge in [-0.25, -0.2) is 4.98 Å². The van der Waals surface area contributed by atoms with E-state index in [1.165, 1.54) is 34.9 Å². The highest BCUT2D eigenvalue weighted by molar-refractivity contribution is 7.99. The average molecular weight is 474 g/mol. The van der Waals surface area contributed by atoms with Crippen LogP contribution >= 0.6 is 11.8 Å². The summed E-state index contributed by atoms with van der Waals surface area (Å²) in [5, 5.41) is 3.48. The fraction of sp³-hybridized carbons (Fsp3) is 0.393. The lowest BCUT2D eigenvalue weighted by atomic mass is 9.62. The van der Waals surface area contributed by atoms with E-state index in [1.807, 2.05) is 18.2 Å². The monoisotopic (exact) mass is 473 g/mol. The molecule has 2 aromatic carbocycles. The second-order valence-corrected chi connectivity index (χ2v) is 10.6. The van der Waals surface area contributed by atoms with E-state index in [0.29, 0.717) is 11.7 Å². The van der Waals surface area contributed by atoms with Gasteiger partial charge in [-0.2, -0.15) is 0 Å². The van der Waals surface area contributed by atoms with E-state index < -0.39 is 0 Å². The minimum absolute atomic E-state index is 0.0361. The molecule has 2 aliphatic carbocycles. The molecule has 0 aliphatic heterocycles. The van der Waals surface area contributed by atoms with Gasteiger partial charge in [-0.3, -0.25) is 9.59 Å². The lowest BCUT2D eigenvalue weighted by Crippen LogP contribution is -2.40. The third-order valence-electron chi connectivity index (χ3n) is 7.21. The SMILES string of the molecule is Cc1ccc2c(c1)-c1nc(SCC(=O)NCCc3ccccc3)[nH]c(=O)c1C1(CCCCC1)C2. The molecule has 1 heterocycles. The molecule has 6 heteroatoms. The van der Waals surface area contributed by atoms with Crippen molar-refractivity contribution in [2.24, 2.45) is 0 Å². The number of aromatic nitrogens is 2. The molecule has 0 bridgehead atoms. The number of carbonyl (C=O) groups is 1. The van der Waals surface area contributed by atoms with Crippen LogP contribution in [0.15, 0.2) is 58.5 Å². The Bertz CT molecular complexity index is 1250. The number of thioether (sulfide) groups is 1. The number of nitrogens with one attached hydrogen (secondary N) is 2. The highest BCUT2D eigenvalue weighted by atomic mass is 32.2. The van der Waals surface area contributed by atoms with Gasteiger partial charge >= 0.3 is 0 Å². The van der Waals surface area contributed by atoms with Crippen molar-refractivity contribution < 1.29 is 4.79 Å². The summed E-state index contributed by atoms with van der Waals surface area (Å²) in [6, 6.07) is 16.6. The van der Waals surface area contributed by atoms with E-state index in [2.05, 4.69) is 47.6 Å². The van der Waals surface area contributed by atoms with Gasteiger partial charge in [0.15, 0.2) is 5.16 Å². The van der Waals surface area contributed by atoms with Crippen molar-refractivity contribution in [3.05, 3.63) is 81.1 Å². The quantitative estimate of drug-likeness (QED) is 0.392. The smallest absolute Gasteiger partial charge is 0.255 e. The van der Waals surface area contributed by atoms with Crippen molar-refractivity contribution in [1.29, 1.82) is 0 Å². The number of nitrogens with zero attached hydrogens (tertiary/aromatic N) is 1. The van der Waals surface area contributed by atoms with Gasteiger partial charge in [0, 0.05) is 17.5 Å². The molecule has 176 valence electrons. The second kappa shape index (κ2) is 9.79. The Hall–Kier alpha value is -2.86. The number of H-pyrrole nitrogens is 1. The Morgan fingerprint density at radius 2 is 1.91 bits per heavy atom. The molecule has 0 atom stereocenters. The van der Waals surface area contributed by atoms with Crippen LogP contribution in [0.25, 0.3) is 11.3 Å². The van der Waals surface area contributed by atoms with Gasteiger partial charge < -0.3 is 10.3 Å². The Morgan fingerprint density at radius 3 is 2.71 bits per heavy atom. The zero-order chi connectivity index (χ0) is 23.5. The summed E-state index contributed by atoms with van der Waals surface area (Å²) in [5.74, 6) is 0.170. The molecule has 1 amide bonds. The molecule has 1 saturated carbocycles. The molecule has 2 aliphatic rings. The van der Waals surface area contributed by atoms with Crippen molar-refractivity contribution in [3.63, 3.8) is 0 Å². The molecule has 1 aromatic heterocycles. The van der Waals surface area contributed by atoms with Crippen LogP contribution in [0.3, 0.4) is 0 Å². The number of benzene rings is 2. The molecular formula is C28H31N3O2S. The van der Waals surface area contributed by atoms with E-state index >= 15 is 0 Å². The highest BCUT2D eigenvalue weighted by Crippen LogP contribution is 2.48. The number of fused-ring (bicyclic) bond motifs is 4. The van der Waals surface area contributed by atoms with Crippen molar-refractivity contribution in [3.8, 4) is 11.3 Å². The van der Waals surface area contributed by atoms with Crippen molar-refractivity contribution in [2.45, 2.75) is 62.4 Å². The molecule has 5 rings (SSSR count). The molecule has 2 N–H and O–H groups in total. The summed E-state index contributed by atoms with van der Waals surface area (Å²) >= 11 is 1.30. The Labute approximate surface area is 204 Å². The zero-order valence-corrected chi connectivity index (χ0v) is 20.5. The van der Waals surface area contributed by atoms with Gasteiger partial charge in [-0.1, -0.05) is 79.1 Å². The number of hydrogen-bond acceptors (Lipinski definition) is 4. The Kier molecular flexibility index (Phi) is 6.59. The molecule has 34 heavy (non-hydrogen) atoms. The van der Waals surface area contributed by atoms with Gasteiger partial charge in [0.25, 0.3) is 5.56 Å². The first kappa shape index (κ1) is 22.9. The van der Waals surface area contributed by atoms with Gasteiger partial charge in [0.05, 0.1) is 17.0 Å². The third kappa shape index (κ3) is 4.69. The topological polar surface area (TPSA) is 74.8 Å². The van der Waals surface area contributed by atoms with E-state index in [0.717, 1.165) is 55.3 Å². The summed E-state index contributed by atoms with van der Waals surface area (Å²) in [7, 11) is 0. The second-order valence-electron chi connectivity index (χ2n) is 9.65. The predicted octanol–water partition coefficient (Wildman–Crippen LogP) is 4.95. The normalized spacial score (nSPS) is 16.0. The number of rotatable bonds is 6. The highest BCUT2D eigenvalue weighted by Gasteiger charge is 2.42. The zero-order valence-electron chi connectivity index (χ0n) is 19.7. The standard InChI is InChI=1S/C28H31N3O2S/c1-19-10-11-21-17-28(13-6-3-7-14-28)24-25(22(21)16-19)30-27(31-26(24)33)34-18-23(32)29-15-12-20-8-4-2-5-9-20/h2,4-5,8-11,16H,3,6-7,12-15,17-18H2,1H3,(H,29,32)(H,30,31,33). The van der Waals surface area contributed by atoms with Crippen LogP contribution in [0, 0.1) is 6.92 Å². The number of amides is 1. The first-order valence-corrected chi connectivity index (χ1v) is 13.2. The first-order chi connectivity index (χ1) is 16.5. The first-order valence-electron chi connectivity index (χ1n) is 12.2. The minimum Gasteiger partial charge on any atom is -0.355 e. The summed E-state index contributed by atoms with van der Waals surface area (Å²) in [6.07, 6.45) is 7.32. The maximum absolute atomic E-state index is 13.4. The van der Waals surface area contributed by atoms with Gasteiger partial charge in [-0.05, 0) is 49.8 Å². The largest absolute Gasteiger partial charge is 0.355 e. The molecule has 1 spiro atoms. The number of hydrogen-bond donors (Lipinski definition) is 2. The van der Waals surface area contributed by atoms with E-state index in [1.54, 1.807) is 0 Å². The molecule has 0 unspecified atom stereocenters. The van der Waals surface area contributed by atoms with Crippen LogP contribution in [0.4, 0.5) is 0 Å². The molecule has 1 fully saturated rings. The van der Waals surface area contributed by atoms with Crippen LogP contribution in [-0.2, 0) is 23.1 Å². The fourth-order valence-corrected chi connectivity index (χ4v) is 6.25. The molecular weight excluding hydrogens is 442 g/mol. The number of carbonyl (C=O) groups excluding carboxylic acids is 1.